The number of hydrogen-bond donors (Lipinski definition) is 1. The zero-order valence-electron chi connectivity index (χ0n) is 11.3. The fourth-order valence-electron chi connectivity index (χ4n) is 2.70. The smallest absolute Gasteiger partial charge is 0.193 e. The molecule has 0 bridgehead atoms. The predicted molar refractivity (Wildman–Crippen MR) is 70.3 cm³/mol. The second-order valence-electron chi connectivity index (χ2n) is 5.55. The number of nitrogens with zero attached hydrogens (tertiary/aromatic N) is 2. The quantitative estimate of drug-likeness (QED) is 0.810. The lowest BCUT2D eigenvalue weighted by Gasteiger charge is -2.38. The van der Waals surface area contributed by atoms with E-state index in [2.05, 4.69) is 29.2 Å². The van der Waals surface area contributed by atoms with Crippen molar-refractivity contribution in [3.8, 4) is 0 Å². The summed E-state index contributed by atoms with van der Waals surface area (Å²) >= 11 is 0. The summed E-state index contributed by atoms with van der Waals surface area (Å²) < 4.78 is 5.79. The van der Waals surface area contributed by atoms with Gasteiger partial charge in [0.15, 0.2) is 5.96 Å². The van der Waals surface area contributed by atoms with Crippen molar-refractivity contribution >= 4 is 5.96 Å². The maximum absolute atomic E-state index is 5.79. The van der Waals surface area contributed by atoms with Crippen LogP contribution in [0.2, 0.25) is 0 Å². The predicted octanol–water partition coefficient (Wildman–Crippen LogP) is 1.47. The average Bonchev–Trinajstić information content (AvgIpc) is 2.75. The minimum atomic E-state index is 0.0263. The van der Waals surface area contributed by atoms with Gasteiger partial charge >= 0.3 is 0 Å². The molecule has 2 rings (SSSR count). The van der Waals surface area contributed by atoms with Crippen LogP contribution in [0.3, 0.4) is 0 Å². The van der Waals surface area contributed by atoms with Gasteiger partial charge < -0.3 is 15.0 Å². The van der Waals surface area contributed by atoms with Crippen LogP contribution in [-0.2, 0) is 4.74 Å². The Hall–Kier alpha value is -0.770. The lowest BCUT2D eigenvalue weighted by Crippen LogP contribution is -2.49. The van der Waals surface area contributed by atoms with Gasteiger partial charge in [-0.2, -0.15) is 0 Å². The molecule has 0 unspecified atom stereocenters. The molecular weight excluding hydrogens is 214 g/mol. The lowest BCUT2D eigenvalue weighted by atomic mass is 9.79. The number of ether oxygens (including phenoxy) is 1. The lowest BCUT2D eigenvalue weighted by molar-refractivity contribution is -0.0432. The summed E-state index contributed by atoms with van der Waals surface area (Å²) in [5, 5.41) is 3.46. The Morgan fingerprint density at radius 1 is 1.47 bits per heavy atom. The number of likely N-dealkylation sites (N-methyl/N-ethyl adjacent to an activating group) is 1. The van der Waals surface area contributed by atoms with Gasteiger partial charge in [0.2, 0.25) is 0 Å². The summed E-state index contributed by atoms with van der Waals surface area (Å²) in [5.41, 5.74) is 0.0263. The summed E-state index contributed by atoms with van der Waals surface area (Å²) in [6.07, 6.45) is 4.87. The van der Waals surface area contributed by atoms with Gasteiger partial charge in [0.25, 0.3) is 0 Å². The summed E-state index contributed by atoms with van der Waals surface area (Å²) in [5.74, 6) is 1.88. The van der Waals surface area contributed by atoms with Crippen molar-refractivity contribution in [1.82, 2.24) is 10.2 Å². The third-order valence-corrected chi connectivity index (χ3v) is 4.25. The van der Waals surface area contributed by atoms with Crippen molar-refractivity contribution in [2.75, 3.05) is 33.8 Å². The molecule has 0 spiro atoms. The molecule has 0 aromatic rings. The zero-order chi connectivity index (χ0) is 12.3. The first-order valence-electron chi connectivity index (χ1n) is 6.70. The molecule has 0 aromatic heterocycles. The second-order valence-corrected chi connectivity index (χ2v) is 5.55. The zero-order valence-corrected chi connectivity index (χ0v) is 11.3. The molecule has 0 amide bonds. The first-order chi connectivity index (χ1) is 8.15. The van der Waals surface area contributed by atoms with E-state index in [0.717, 1.165) is 44.4 Å². The van der Waals surface area contributed by atoms with Crippen molar-refractivity contribution in [2.24, 2.45) is 10.9 Å². The van der Waals surface area contributed by atoms with Crippen molar-refractivity contribution in [3.63, 3.8) is 0 Å². The van der Waals surface area contributed by atoms with Gasteiger partial charge in [-0.15, -0.1) is 0 Å². The van der Waals surface area contributed by atoms with Crippen LogP contribution in [0, 0.1) is 5.92 Å². The van der Waals surface area contributed by atoms with Gasteiger partial charge in [0, 0.05) is 27.2 Å². The van der Waals surface area contributed by atoms with Crippen molar-refractivity contribution < 1.29 is 4.74 Å². The number of nitrogens with one attached hydrogen (secondary N) is 1. The highest BCUT2D eigenvalue weighted by Crippen LogP contribution is 2.33. The van der Waals surface area contributed by atoms with Gasteiger partial charge in [0.1, 0.15) is 0 Å². The first-order valence-corrected chi connectivity index (χ1v) is 6.70. The molecule has 1 fully saturated rings. The molecule has 98 valence electrons. The summed E-state index contributed by atoms with van der Waals surface area (Å²) in [7, 11) is 3.93. The molecule has 1 aliphatic carbocycles. The third-order valence-electron chi connectivity index (χ3n) is 4.25. The van der Waals surface area contributed by atoms with Crippen molar-refractivity contribution in [3.05, 3.63) is 0 Å². The molecule has 1 heterocycles. The molecule has 2 aliphatic rings. The van der Waals surface area contributed by atoms with E-state index in [1.165, 1.54) is 12.8 Å². The van der Waals surface area contributed by atoms with Gasteiger partial charge in [-0.25, -0.2) is 0 Å². The molecule has 4 nitrogen and oxygen atoms in total. The van der Waals surface area contributed by atoms with Gasteiger partial charge in [0.05, 0.1) is 12.1 Å². The standard InChI is InChI=1S/C13H25N3O/c1-11-4-6-13(17-3,7-5-11)10-15-12-14-8-9-16(12)2/h11H,4-10H2,1-3H3,(H,14,15). The third kappa shape index (κ3) is 2.92. The van der Waals surface area contributed by atoms with Crippen LogP contribution in [0.15, 0.2) is 4.99 Å². The number of hydrogen-bond acceptors (Lipinski definition) is 4. The molecule has 1 saturated carbocycles. The first kappa shape index (κ1) is 12.7. The summed E-state index contributed by atoms with van der Waals surface area (Å²) in [6.45, 7) is 5.16. The largest absolute Gasteiger partial charge is 0.376 e. The van der Waals surface area contributed by atoms with E-state index in [-0.39, 0.29) is 5.60 Å². The second kappa shape index (κ2) is 5.25. The van der Waals surface area contributed by atoms with Crippen LogP contribution >= 0.6 is 0 Å². The van der Waals surface area contributed by atoms with Gasteiger partial charge in [-0.05, 0) is 31.6 Å². The normalized spacial score (nSPS) is 33.7. The highest BCUT2D eigenvalue weighted by atomic mass is 16.5. The fraction of sp³-hybridized carbons (Fsp3) is 0.923. The summed E-state index contributed by atoms with van der Waals surface area (Å²) in [6, 6.07) is 0. The Morgan fingerprint density at radius 2 is 2.18 bits per heavy atom. The molecular formula is C13H25N3O. The molecule has 0 aromatic carbocycles. The number of guanidine groups is 1. The van der Waals surface area contributed by atoms with Crippen molar-refractivity contribution in [2.45, 2.75) is 38.2 Å². The number of rotatable bonds is 3. The number of aliphatic imine (C=N–C) groups is 1. The SMILES string of the molecule is COC1(CNC2=NCCN2C)CCC(C)CC1. The Morgan fingerprint density at radius 3 is 2.71 bits per heavy atom. The topological polar surface area (TPSA) is 36.9 Å². The Labute approximate surface area is 104 Å². The van der Waals surface area contributed by atoms with Crippen LogP contribution in [0.1, 0.15) is 32.6 Å². The monoisotopic (exact) mass is 239 g/mol. The minimum absolute atomic E-state index is 0.0263. The molecule has 0 atom stereocenters. The van der Waals surface area contributed by atoms with E-state index in [9.17, 15) is 0 Å². The van der Waals surface area contributed by atoms with E-state index in [1.807, 2.05) is 7.11 Å². The maximum Gasteiger partial charge on any atom is 0.193 e. The molecule has 1 aliphatic heterocycles. The van der Waals surface area contributed by atoms with Crippen LogP contribution in [0.4, 0.5) is 0 Å². The summed E-state index contributed by atoms with van der Waals surface area (Å²) in [4.78, 5) is 6.63. The Kier molecular flexibility index (Phi) is 3.92. The maximum atomic E-state index is 5.79. The highest BCUT2D eigenvalue weighted by molar-refractivity contribution is 5.81. The van der Waals surface area contributed by atoms with Crippen LogP contribution < -0.4 is 5.32 Å². The highest BCUT2D eigenvalue weighted by Gasteiger charge is 2.34. The van der Waals surface area contributed by atoms with E-state index in [0.29, 0.717) is 0 Å². The average molecular weight is 239 g/mol. The molecule has 1 N–H and O–H groups in total. The van der Waals surface area contributed by atoms with E-state index < -0.39 is 0 Å². The Balaban J connectivity index is 1.87. The molecule has 17 heavy (non-hydrogen) atoms. The van der Waals surface area contributed by atoms with E-state index >= 15 is 0 Å². The number of methoxy groups -OCH3 is 1. The van der Waals surface area contributed by atoms with Crippen LogP contribution in [0.5, 0.6) is 0 Å². The van der Waals surface area contributed by atoms with E-state index in [4.69, 9.17) is 4.74 Å². The minimum Gasteiger partial charge on any atom is -0.376 e. The van der Waals surface area contributed by atoms with Crippen molar-refractivity contribution in [1.29, 1.82) is 0 Å². The van der Waals surface area contributed by atoms with Crippen LogP contribution in [-0.4, -0.2) is 50.3 Å². The fourth-order valence-corrected chi connectivity index (χ4v) is 2.70. The molecule has 0 radical (unpaired) electrons. The van der Waals surface area contributed by atoms with Gasteiger partial charge in [-0.1, -0.05) is 6.92 Å². The van der Waals surface area contributed by atoms with Crippen LogP contribution in [0.25, 0.3) is 0 Å². The molecule has 0 saturated heterocycles. The van der Waals surface area contributed by atoms with E-state index in [1.54, 1.807) is 0 Å². The van der Waals surface area contributed by atoms with Gasteiger partial charge in [-0.3, -0.25) is 4.99 Å². The Bertz CT molecular complexity index is 282. The molecule has 4 heteroatoms.